The van der Waals surface area contributed by atoms with Crippen molar-refractivity contribution in [2.24, 2.45) is 0 Å². The summed E-state index contributed by atoms with van der Waals surface area (Å²) < 4.78 is 15.9. The van der Waals surface area contributed by atoms with Crippen molar-refractivity contribution in [3.05, 3.63) is 65.2 Å². The third-order valence-corrected chi connectivity index (χ3v) is 6.95. The average molecular weight is 502 g/mol. The van der Waals surface area contributed by atoms with Crippen molar-refractivity contribution in [3.63, 3.8) is 0 Å². The van der Waals surface area contributed by atoms with Crippen LogP contribution in [-0.4, -0.2) is 53.8 Å². The number of hydrogen-bond acceptors (Lipinski definition) is 7. The first kappa shape index (κ1) is 23.2. The lowest BCUT2D eigenvalue weighted by Crippen LogP contribution is -2.36. The molecular formula is C26H24FN7O3. The predicted molar refractivity (Wildman–Crippen MR) is 132 cm³/mol. The van der Waals surface area contributed by atoms with Crippen molar-refractivity contribution in [1.82, 2.24) is 30.0 Å². The van der Waals surface area contributed by atoms with Crippen molar-refractivity contribution >= 4 is 28.7 Å². The van der Waals surface area contributed by atoms with E-state index in [0.29, 0.717) is 40.7 Å². The number of amides is 2. The van der Waals surface area contributed by atoms with E-state index in [0.717, 1.165) is 0 Å². The molecule has 1 aliphatic heterocycles. The van der Waals surface area contributed by atoms with E-state index >= 15 is 0 Å². The first-order valence-electron chi connectivity index (χ1n) is 12.0. The van der Waals surface area contributed by atoms with E-state index in [1.54, 1.807) is 55.1 Å². The molecule has 188 valence electrons. The summed E-state index contributed by atoms with van der Waals surface area (Å²) in [6.07, 6.45) is 2.84. The Morgan fingerprint density at radius 2 is 1.97 bits per heavy atom. The largest absolute Gasteiger partial charge is 0.388 e. The van der Waals surface area contributed by atoms with Crippen molar-refractivity contribution < 1.29 is 19.1 Å². The molecule has 1 saturated carbocycles. The second kappa shape index (κ2) is 8.13. The molecule has 0 radical (unpaired) electrons. The molecule has 0 unspecified atom stereocenters. The fourth-order valence-corrected chi connectivity index (χ4v) is 4.51. The highest BCUT2D eigenvalue weighted by Crippen LogP contribution is 2.40. The third-order valence-electron chi connectivity index (χ3n) is 6.95. The van der Waals surface area contributed by atoms with Crippen LogP contribution in [0.4, 0.5) is 10.2 Å². The number of pyridine rings is 1. The number of nitrogens with zero attached hydrogens (tertiary/aromatic N) is 5. The summed E-state index contributed by atoms with van der Waals surface area (Å²) in [4.78, 5) is 39.6. The Morgan fingerprint density at radius 3 is 2.73 bits per heavy atom. The van der Waals surface area contributed by atoms with Crippen LogP contribution >= 0.6 is 0 Å². The number of aliphatic hydroxyl groups is 1. The second-order valence-corrected chi connectivity index (χ2v) is 10.1. The maximum atomic E-state index is 14.4. The number of benzene rings is 1. The summed E-state index contributed by atoms with van der Waals surface area (Å²) in [5.41, 5.74) is -0.238. The van der Waals surface area contributed by atoms with Crippen LogP contribution in [0.15, 0.2) is 42.6 Å². The highest BCUT2D eigenvalue weighted by Gasteiger charge is 2.45. The summed E-state index contributed by atoms with van der Waals surface area (Å²) in [6.45, 7) is 3.61. The first-order valence-corrected chi connectivity index (χ1v) is 12.0. The average Bonchev–Trinajstić information content (AvgIpc) is 3.43. The number of halogens is 1. The topological polar surface area (TPSA) is 135 Å². The highest BCUT2D eigenvalue weighted by atomic mass is 19.1. The third kappa shape index (κ3) is 3.91. The van der Waals surface area contributed by atoms with Crippen LogP contribution in [0.1, 0.15) is 48.3 Å². The van der Waals surface area contributed by atoms with Gasteiger partial charge in [-0.15, -0.1) is 0 Å². The van der Waals surface area contributed by atoms with Gasteiger partial charge in [-0.25, -0.2) is 24.0 Å². The van der Waals surface area contributed by atoms with Crippen LogP contribution < -0.4 is 10.6 Å². The van der Waals surface area contributed by atoms with Crippen molar-refractivity contribution in [1.29, 1.82) is 0 Å². The molecule has 3 N–H and O–H groups in total. The van der Waals surface area contributed by atoms with E-state index in [4.69, 9.17) is 0 Å². The van der Waals surface area contributed by atoms with Crippen LogP contribution in [0.5, 0.6) is 0 Å². The van der Waals surface area contributed by atoms with Crippen LogP contribution in [0.3, 0.4) is 0 Å². The number of hydrogen-bond donors (Lipinski definition) is 3. The number of nitrogens with one attached hydrogen (secondary N) is 2. The zero-order valence-electron chi connectivity index (χ0n) is 20.2. The Bertz CT molecular complexity index is 1590. The Balaban J connectivity index is 1.48. The molecule has 4 heterocycles. The van der Waals surface area contributed by atoms with Crippen molar-refractivity contribution in [3.8, 4) is 11.5 Å². The monoisotopic (exact) mass is 501 g/mol. The SMILES string of the molecule is CC1(C)C(=O)Nc2nc(-c3nn(Cc4ccccc4F)c4ncccc34)nc(C(=O)NCC3(O)CC3)c21. The number of rotatable bonds is 6. The van der Waals surface area contributed by atoms with E-state index in [1.165, 1.54) is 6.07 Å². The van der Waals surface area contributed by atoms with Gasteiger partial charge in [-0.05, 0) is 44.9 Å². The Morgan fingerprint density at radius 1 is 1.19 bits per heavy atom. The standard InChI is InChI=1S/C26H24FN7O3/c1-25(2)17-19(23(35)29-13-26(37)9-10-26)30-21(31-20(17)32-24(25)36)18-15-7-5-11-28-22(15)34(33-18)12-14-6-3-4-8-16(14)27/h3-8,11,37H,9-10,12-13H2,1-2H3,(H,29,35)(H,30,31,32,36). The molecule has 2 aliphatic rings. The molecule has 0 atom stereocenters. The molecule has 0 spiro atoms. The first-order chi connectivity index (χ1) is 17.7. The normalized spacial score (nSPS) is 16.9. The van der Waals surface area contributed by atoms with Gasteiger partial charge in [-0.3, -0.25) is 9.59 Å². The van der Waals surface area contributed by atoms with Crippen LogP contribution in [0.25, 0.3) is 22.6 Å². The molecule has 1 aliphatic carbocycles. The zero-order chi connectivity index (χ0) is 25.9. The number of carbonyl (C=O) groups is 2. The number of aromatic nitrogens is 5. The maximum Gasteiger partial charge on any atom is 0.270 e. The second-order valence-electron chi connectivity index (χ2n) is 10.1. The molecule has 10 nitrogen and oxygen atoms in total. The van der Waals surface area contributed by atoms with Crippen LogP contribution in [-0.2, 0) is 16.8 Å². The Hall–Kier alpha value is -4.25. The van der Waals surface area contributed by atoms with Crippen LogP contribution in [0.2, 0.25) is 0 Å². The van der Waals surface area contributed by atoms with E-state index < -0.39 is 16.9 Å². The minimum absolute atomic E-state index is 0.0355. The molecule has 1 fully saturated rings. The van der Waals surface area contributed by atoms with Gasteiger partial charge in [0.15, 0.2) is 11.5 Å². The fourth-order valence-electron chi connectivity index (χ4n) is 4.51. The molecule has 3 aromatic heterocycles. The molecule has 6 rings (SSSR count). The van der Waals surface area contributed by atoms with Gasteiger partial charge in [0.05, 0.1) is 22.9 Å². The summed E-state index contributed by atoms with van der Waals surface area (Å²) in [6, 6.07) is 9.95. The molecule has 4 aromatic rings. The summed E-state index contributed by atoms with van der Waals surface area (Å²) in [7, 11) is 0. The maximum absolute atomic E-state index is 14.4. The number of fused-ring (bicyclic) bond motifs is 2. The van der Waals surface area contributed by atoms with Gasteiger partial charge in [0.2, 0.25) is 5.91 Å². The van der Waals surface area contributed by atoms with Crippen molar-refractivity contribution in [2.45, 2.75) is 44.2 Å². The van der Waals surface area contributed by atoms with Gasteiger partial charge in [-0.1, -0.05) is 18.2 Å². The minimum atomic E-state index is -1.04. The zero-order valence-corrected chi connectivity index (χ0v) is 20.2. The summed E-state index contributed by atoms with van der Waals surface area (Å²) >= 11 is 0. The van der Waals surface area contributed by atoms with Crippen molar-refractivity contribution in [2.75, 3.05) is 11.9 Å². The fraction of sp³-hybridized carbons (Fsp3) is 0.308. The lowest BCUT2D eigenvalue weighted by atomic mass is 9.85. The van der Waals surface area contributed by atoms with E-state index in [9.17, 15) is 19.1 Å². The minimum Gasteiger partial charge on any atom is -0.388 e. The van der Waals surface area contributed by atoms with Gasteiger partial charge < -0.3 is 15.7 Å². The molecule has 2 amide bonds. The van der Waals surface area contributed by atoms with Gasteiger partial charge in [0.25, 0.3) is 5.91 Å². The van der Waals surface area contributed by atoms with E-state index in [2.05, 4.69) is 30.7 Å². The Kier molecular flexibility index (Phi) is 5.09. The number of carbonyl (C=O) groups excluding carboxylic acids is 2. The predicted octanol–water partition coefficient (Wildman–Crippen LogP) is 2.56. The number of anilines is 1. The van der Waals surface area contributed by atoms with E-state index in [-0.39, 0.29) is 42.2 Å². The molecular weight excluding hydrogens is 477 g/mol. The smallest absolute Gasteiger partial charge is 0.270 e. The van der Waals surface area contributed by atoms with Crippen LogP contribution in [0, 0.1) is 5.82 Å². The van der Waals surface area contributed by atoms with Gasteiger partial charge in [0.1, 0.15) is 23.0 Å². The molecule has 0 saturated heterocycles. The molecule has 0 bridgehead atoms. The molecule has 11 heteroatoms. The lowest BCUT2D eigenvalue weighted by Gasteiger charge is -2.18. The van der Waals surface area contributed by atoms with Gasteiger partial charge in [0, 0.05) is 23.9 Å². The van der Waals surface area contributed by atoms with Gasteiger partial charge in [-0.2, -0.15) is 5.10 Å². The molecule has 37 heavy (non-hydrogen) atoms. The molecule has 1 aromatic carbocycles. The highest BCUT2D eigenvalue weighted by molar-refractivity contribution is 6.09. The Labute approximate surface area is 211 Å². The quantitative estimate of drug-likeness (QED) is 0.370. The lowest BCUT2D eigenvalue weighted by molar-refractivity contribution is -0.119. The van der Waals surface area contributed by atoms with E-state index in [1.807, 2.05) is 0 Å². The summed E-state index contributed by atoms with van der Waals surface area (Å²) in [5, 5.41) is 21.0. The summed E-state index contributed by atoms with van der Waals surface area (Å²) in [5.74, 6) is -0.828. The van der Waals surface area contributed by atoms with Gasteiger partial charge >= 0.3 is 0 Å².